The molecule has 1 aromatic heterocycles. The van der Waals surface area contributed by atoms with Crippen LogP contribution in [0.4, 0.5) is 11.4 Å². The second kappa shape index (κ2) is 15.8. The zero-order valence-electron chi connectivity index (χ0n) is 27.7. The summed E-state index contributed by atoms with van der Waals surface area (Å²) >= 11 is 0. The quantitative estimate of drug-likeness (QED) is 0.210. The monoisotopic (exact) mass is 651 g/mol. The van der Waals surface area contributed by atoms with E-state index in [1.807, 2.05) is 79.5 Å². The van der Waals surface area contributed by atoms with Gasteiger partial charge in [0.1, 0.15) is 30.9 Å². The van der Waals surface area contributed by atoms with Crippen molar-refractivity contribution in [3.05, 3.63) is 113 Å². The van der Waals surface area contributed by atoms with Crippen LogP contribution in [0.1, 0.15) is 38.0 Å². The number of aromatic nitrogens is 3. The Morgan fingerprint density at radius 3 is 2.12 bits per heavy atom. The van der Waals surface area contributed by atoms with E-state index in [9.17, 15) is 9.90 Å². The van der Waals surface area contributed by atoms with Gasteiger partial charge in [-0.25, -0.2) is 14.0 Å². The first-order chi connectivity index (χ1) is 23.5. The second-order valence-electron chi connectivity index (χ2n) is 12.2. The number of allylic oxidation sites excluding steroid dienone is 1. The molecule has 2 aliphatic heterocycles. The van der Waals surface area contributed by atoms with E-state index in [4.69, 9.17) is 9.47 Å². The SMILES string of the molecule is CCC(C)n1ncn(-c2ccc(N3CCN(c4ccc(OCC(CO)OC(CN5CC=CC=N5)c5ccccc5)cc4)CC3)cc2)c1=O. The molecule has 0 amide bonds. The van der Waals surface area contributed by atoms with Crippen molar-refractivity contribution in [1.29, 1.82) is 0 Å². The molecule has 11 nitrogen and oxygen atoms in total. The van der Waals surface area contributed by atoms with Gasteiger partial charge in [-0.05, 0) is 73.5 Å². The van der Waals surface area contributed by atoms with Gasteiger partial charge < -0.3 is 24.4 Å². The van der Waals surface area contributed by atoms with E-state index in [0.29, 0.717) is 13.1 Å². The lowest BCUT2D eigenvalue weighted by molar-refractivity contribution is -0.0696. The molecule has 1 N–H and O–H groups in total. The molecule has 0 radical (unpaired) electrons. The predicted octanol–water partition coefficient (Wildman–Crippen LogP) is 4.69. The number of benzene rings is 3. The Morgan fingerprint density at radius 1 is 0.875 bits per heavy atom. The third-order valence-electron chi connectivity index (χ3n) is 8.99. The van der Waals surface area contributed by atoms with E-state index in [0.717, 1.165) is 61.0 Å². The number of aliphatic hydroxyl groups is 1. The molecular formula is C37H45N7O4. The molecule has 48 heavy (non-hydrogen) atoms. The highest BCUT2D eigenvalue weighted by Gasteiger charge is 2.22. The highest BCUT2D eigenvalue weighted by molar-refractivity contribution is 5.71. The fourth-order valence-electron chi connectivity index (χ4n) is 5.96. The minimum absolute atomic E-state index is 0.0679. The van der Waals surface area contributed by atoms with Gasteiger partial charge >= 0.3 is 5.69 Å². The topological polar surface area (TPSA) is 101 Å². The van der Waals surface area contributed by atoms with E-state index in [1.54, 1.807) is 21.8 Å². The first kappa shape index (κ1) is 33.0. The number of aliphatic hydroxyl groups excluding tert-OH is 1. The maximum absolute atomic E-state index is 12.8. The van der Waals surface area contributed by atoms with Crippen molar-refractivity contribution in [1.82, 2.24) is 19.4 Å². The van der Waals surface area contributed by atoms with Crippen LogP contribution in [0.25, 0.3) is 5.69 Å². The Labute approximate surface area is 281 Å². The molecule has 0 aliphatic carbocycles. The van der Waals surface area contributed by atoms with Crippen molar-refractivity contribution in [3.63, 3.8) is 0 Å². The molecule has 252 valence electrons. The van der Waals surface area contributed by atoms with E-state index in [-0.39, 0.29) is 31.0 Å². The average Bonchev–Trinajstić information content (AvgIpc) is 3.54. The maximum Gasteiger partial charge on any atom is 0.350 e. The van der Waals surface area contributed by atoms with Crippen LogP contribution in [0.5, 0.6) is 5.75 Å². The summed E-state index contributed by atoms with van der Waals surface area (Å²) in [7, 11) is 0. The van der Waals surface area contributed by atoms with Crippen molar-refractivity contribution < 1.29 is 14.6 Å². The van der Waals surface area contributed by atoms with Crippen LogP contribution in [0, 0.1) is 0 Å². The first-order valence-corrected chi connectivity index (χ1v) is 16.8. The summed E-state index contributed by atoms with van der Waals surface area (Å²) in [6.07, 6.45) is 7.46. The molecule has 3 unspecified atom stereocenters. The molecule has 6 rings (SSSR count). The van der Waals surface area contributed by atoms with Gasteiger partial charge in [0.05, 0.1) is 31.4 Å². The van der Waals surface area contributed by atoms with Crippen molar-refractivity contribution in [2.24, 2.45) is 5.10 Å². The summed E-state index contributed by atoms with van der Waals surface area (Å²) in [5, 5.41) is 20.8. The number of ether oxygens (including phenoxy) is 2. The Balaban J connectivity index is 0.997. The first-order valence-electron chi connectivity index (χ1n) is 16.8. The lowest BCUT2D eigenvalue weighted by Gasteiger charge is -2.37. The summed E-state index contributed by atoms with van der Waals surface area (Å²) in [5.74, 6) is 0.732. The number of rotatable bonds is 14. The average molecular weight is 652 g/mol. The van der Waals surface area contributed by atoms with Crippen molar-refractivity contribution in [2.45, 2.75) is 38.5 Å². The third-order valence-corrected chi connectivity index (χ3v) is 8.99. The fourth-order valence-corrected chi connectivity index (χ4v) is 5.96. The molecule has 0 saturated carbocycles. The molecule has 2 aliphatic rings. The molecule has 3 heterocycles. The number of hydrogen-bond donors (Lipinski definition) is 1. The number of anilines is 2. The summed E-state index contributed by atoms with van der Waals surface area (Å²) < 4.78 is 15.6. The molecule has 1 saturated heterocycles. The second-order valence-corrected chi connectivity index (χ2v) is 12.2. The molecule has 3 aromatic carbocycles. The summed E-state index contributed by atoms with van der Waals surface area (Å²) in [4.78, 5) is 17.5. The summed E-state index contributed by atoms with van der Waals surface area (Å²) in [5.41, 5.74) is 4.02. The van der Waals surface area contributed by atoms with E-state index < -0.39 is 6.10 Å². The van der Waals surface area contributed by atoms with Crippen LogP contribution in [-0.4, -0.2) is 89.3 Å². The van der Waals surface area contributed by atoms with Crippen LogP contribution in [0.3, 0.4) is 0 Å². The maximum atomic E-state index is 12.8. The minimum atomic E-state index is -0.496. The Bertz CT molecular complexity index is 1690. The van der Waals surface area contributed by atoms with Crippen LogP contribution in [0.2, 0.25) is 0 Å². The van der Waals surface area contributed by atoms with E-state index in [1.165, 1.54) is 0 Å². The lowest BCUT2D eigenvalue weighted by atomic mass is 10.1. The normalized spacial score (nSPS) is 16.6. The molecular weight excluding hydrogens is 606 g/mol. The zero-order chi connectivity index (χ0) is 33.3. The standard InChI is InChI=1S/C37H45N7O4/c1-3-29(2)44-37(46)43(28-39-44)33-13-11-31(12-14-33)40-21-23-41(24-22-40)32-15-17-34(18-16-32)47-27-35(26-45)48-36(30-9-5-4-6-10-30)25-42-20-8-7-19-38-42/h4-19,28-29,35-36,45H,3,20-27H2,1-2H3. The lowest BCUT2D eigenvalue weighted by Crippen LogP contribution is -2.46. The van der Waals surface area contributed by atoms with Gasteiger partial charge in [0, 0.05) is 43.8 Å². The van der Waals surface area contributed by atoms with Crippen molar-refractivity contribution in [2.75, 3.05) is 62.3 Å². The number of piperazine rings is 1. The molecule has 0 spiro atoms. The highest BCUT2D eigenvalue weighted by atomic mass is 16.5. The van der Waals surface area contributed by atoms with E-state index in [2.05, 4.69) is 50.3 Å². The number of nitrogens with zero attached hydrogens (tertiary/aromatic N) is 7. The highest BCUT2D eigenvalue weighted by Crippen LogP contribution is 2.25. The van der Waals surface area contributed by atoms with Gasteiger partial charge in [0.2, 0.25) is 0 Å². The predicted molar refractivity (Wildman–Crippen MR) is 190 cm³/mol. The van der Waals surface area contributed by atoms with Crippen molar-refractivity contribution in [3.8, 4) is 11.4 Å². The number of hydrazone groups is 1. The zero-order valence-corrected chi connectivity index (χ0v) is 27.7. The molecule has 3 atom stereocenters. The number of hydrogen-bond acceptors (Lipinski definition) is 9. The van der Waals surface area contributed by atoms with Crippen LogP contribution >= 0.6 is 0 Å². The Kier molecular flexibility index (Phi) is 10.9. The largest absolute Gasteiger partial charge is 0.491 e. The fraction of sp³-hybridized carbons (Fsp3) is 0.378. The van der Waals surface area contributed by atoms with Crippen molar-refractivity contribution >= 4 is 17.6 Å². The minimum Gasteiger partial charge on any atom is -0.491 e. The van der Waals surface area contributed by atoms with Gasteiger partial charge in [0.15, 0.2) is 0 Å². The molecule has 4 aromatic rings. The van der Waals surface area contributed by atoms with Gasteiger partial charge in [-0.3, -0.25) is 5.01 Å². The third kappa shape index (κ3) is 7.98. The summed E-state index contributed by atoms with van der Waals surface area (Å²) in [6, 6.07) is 26.3. The molecule has 0 bridgehead atoms. The summed E-state index contributed by atoms with van der Waals surface area (Å²) in [6.45, 7) is 8.97. The molecule has 1 fully saturated rings. The Morgan fingerprint density at radius 2 is 1.52 bits per heavy atom. The van der Waals surface area contributed by atoms with Crippen LogP contribution in [-0.2, 0) is 4.74 Å². The Hall–Kier alpha value is -4.87. The van der Waals surface area contributed by atoms with Crippen LogP contribution < -0.4 is 20.2 Å². The molecule has 11 heteroatoms. The van der Waals surface area contributed by atoms with Gasteiger partial charge in [-0.2, -0.15) is 10.2 Å². The van der Waals surface area contributed by atoms with Crippen LogP contribution in [0.15, 0.2) is 107 Å². The smallest absolute Gasteiger partial charge is 0.350 e. The van der Waals surface area contributed by atoms with Gasteiger partial charge in [-0.15, -0.1) is 0 Å². The van der Waals surface area contributed by atoms with E-state index >= 15 is 0 Å². The van der Waals surface area contributed by atoms with Gasteiger partial charge in [-0.1, -0.05) is 43.3 Å². The van der Waals surface area contributed by atoms with Gasteiger partial charge in [0.25, 0.3) is 0 Å².